The predicted octanol–water partition coefficient (Wildman–Crippen LogP) is 5.91. The largest absolute Gasteiger partial charge is 0.411 e. The zero-order chi connectivity index (χ0) is 15.1. The molecule has 21 heavy (non-hydrogen) atoms. The van der Waals surface area contributed by atoms with Crippen LogP contribution in [0.4, 0.5) is 0 Å². The predicted molar refractivity (Wildman–Crippen MR) is 89.4 cm³/mol. The van der Waals surface area contributed by atoms with Gasteiger partial charge >= 0.3 is 0 Å². The highest BCUT2D eigenvalue weighted by Gasteiger charge is 2.25. The van der Waals surface area contributed by atoms with E-state index in [0.29, 0.717) is 10.9 Å². The Hall–Kier alpha value is -1.02. The zero-order valence-corrected chi connectivity index (χ0v) is 13.6. The fourth-order valence-corrected chi connectivity index (χ4v) is 3.80. The average Bonchev–Trinajstić information content (AvgIpc) is 2.52. The summed E-state index contributed by atoms with van der Waals surface area (Å²) in [4.78, 5) is 0. The molecule has 1 aromatic rings. The lowest BCUT2D eigenvalue weighted by molar-refractivity contribution is 0.237. The molecule has 1 N–H and O–H groups in total. The van der Waals surface area contributed by atoms with Crippen LogP contribution in [0.15, 0.2) is 29.4 Å². The molecule has 0 aliphatic heterocycles. The van der Waals surface area contributed by atoms with Gasteiger partial charge in [-0.05, 0) is 30.4 Å². The maximum atomic E-state index is 9.43. The standard InChI is InChI=1S/C18H26ClNO/c1-2-7-15(14-8-4-3-5-9-14)13-18(20-21)16-10-6-11-17(19)12-16/h6,10-12,14-15,21H,2-5,7-9,13H2,1H3/t15-/m1/s1. The van der Waals surface area contributed by atoms with Gasteiger partial charge in [0.25, 0.3) is 0 Å². The molecule has 1 fully saturated rings. The number of halogens is 1. The summed E-state index contributed by atoms with van der Waals surface area (Å²) in [5.74, 6) is 1.41. The quantitative estimate of drug-likeness (QED) is 0.396. The van der Waals surface area contributed by atoms with E-state index in [2.05, 4.69) is 12.1 Å². The molecule has 2 rings (SSSR count). The Bertz CT molecular complexity index is 466. The topological polar surface area (TPSA) is 32.6 Å². The van der Waals surface area contributed by atoms with E-state index in [1.54, 1.807) is 0 Å². The molecule has 0 bridgehead atoms. The molecule has 0 spiro atoms. The normalized spacial score (nSPS) is 18.7. The highest BCUT2D eigenvalue weighted by Crippen LogP contribution is 2.35. The van der Waals surface area contributed by atoms with E-state index in [-0.39, 0.29) is 0 Å². The lowest BCUT2D eigenvalue weighted by Crippen LogP contribution is -2.21. The number of benzene rings is 1. The Morgan fingerprint density at radius 1 is 1.33 bits per heavy atom. The minimum atomic E-state index is 0.625. The number of hydrogen-bond donors (Lipinski definition) is 1. The van der Waals surface area contributed by atoms with Crippen molar-refractivity contribution in [1.82, 2.24) is 0 Å². The van der Waals surface area contributed by atoms with Gasteiger partial charge in [0.05, 0.1) is 5.71 Å². The van der Waals surface area contributed by atoms with Crippen molar-refractivity contribution in [2.75, 3.05) is 0 Å². The molecule has 1 aliphatic carbocycles. The van der Waals surface area contributed by atoms with E-state index in [1.165, 1.54) is 44.9 Å². The molecular formula is C18H26ClNO. The molecular weight excluding hydrogens is 282 g/mol. The first kappa shape index (κ1) is 16.4. The van der Waals surface area contributed by atoms with Gasteiger partial charge in [0, 0.05) is 10.6 Å². The fraction of sp³-hybridized carbons (Fsp3) is 0.611. The van der Waals surface area contributed by atoms with Crippen molar-refractivity contribution < 1.29 is 5.21 Å². The van der Waals surface area contributed by atoms with Gasteiger partial charge in [0.2, 0.25) is 0 Å². The molecule has 0 radical (unpaired) electrons. The van der Waals surface area contributed by atoms with E-state index in [4.69, 9.17) is 11.6 Å². The summed E-state index contributed by atoms with van der Waals surface area (Å²) < 4.78 is 0. The molecule has 2 nitrogen and oxygen atoms in total. The number of hydrogen-bond acceptors (Lipinski definition) is 2. The van der Waals surface area contributed by atoms with Crippen LogP contribution in [0.25, 0.3) is 0 Å². The summed E-state index contributed by atoms with van der Waals surface area (Å²) in [6.45, 7) is 2.24. The molecule has 116 valence electrons. The van der Waals surface area contributed by atoms with Gasteiger partial charge in [-0.25, -0.2) is 0 Å². The molecule has 0 saturated heterocycles. The molecule has 0 heterocycles. The highest BCUT2D eigenvalue weighted by molar-refractivity contribution is 6.31. The van der Waals surface area contributed by atoms with Gasteiger partial charge in [0.1, 0.15) is 0 Å². The zero-order valence-electron chi connectivity index (χ0n) is 12.9. The lowest BCUT2D eigenvalue weighted by Gasteiger charge is -2.30. The van der Waals surface area contributed by atoms with Crippen molar-refractivity contribution in [3.05, 3.63) is 34.9 Å². The van der Waals surface area contributed by atoms with Crippen molar-refractivity contribution in [1.29, 1.82) is 0 Å². The third-order valence-corrected chi connectivity index (χ3v) is 4.95. The summed E-state index contributed by atoms with van der Waals surface area (Å²) in [5, 5.41) is 13.7. The first-order valence-corrected chi connectivity index (χ1v) is 8.59. The maximum Gasteiger partial charge on any atom is 0.0871 e. The summed E-state index contributed by atoms with van der Waals surface area (Å²) in [7, 11) is 0. The molecule has 1 aliphatic rings. The van der Waals surface area contributed by atoms with Crippen molar-refractivity contribution >= 4 is 17.3 Å². The number of rotatable bonds is 6. The Morgan fingerprint density at radius 2 is 2.10 bits per heavy atom. The number of nitrogens with zero attached hydrogens (tertiary/aromatic N) is 1. The van der Waals surface area contributed by atoms with Crippen LogP contribution in [0.5, 0.6) is 0 Å². The van der Waals surface area contributed by atoms with Crippen LogP contribution in [0.1, 0.15) is 63.9 Å². The van der Waals surface area contributed by atoms with Gasteiger partial charge < -0.3 is 5.21 Å². The lowest BCUT2D eigenvalue weighted by atomic mass is 9.75. The molecule has 1 aromatic carbocycles. The van der Waals surface area contributed by atoms with Gasteiger partial charge in [0.15, 0.2) is 0 Å². The minimum absolute atomic E-state index is 0.625. The average molecular weight is 308 g/mol. The van der Waals surface area contributed by atoms with Gasteiger partial charge in [-0.15, -0.1) is 0 Å². The first-order valence-electron chi connectivity index (χ1n) is 8.21. The summed E-state index contributed by atoms with van der Waals surface area (Å²) in [5.41, 5.74) is 1.73. The highest BCUT2D eigenvalue weighted by atomic mass is 35.5. The van der Waals surface area contributed by atoms with Crippen LogP contribution < -0.4 is 0 Å². The van der Waals surface area contributed by atoms with Crippen molar-refractivity contribution in [2.24, 2.45) is 17.0 Å². The van der Waals surface area contributed by atoms with Gasteiger partial charge in [-0.1, -0.05) is 80.8 Å². The second kappa shape index (κ2) is 8.43. The summed E-state index contributed by atoms with van der Waals surface area (Å²) in [6.07, 6.45) is 10.0. The fourth-order valence-electron chi connectivity index (χ4n) is 3.61. The molecule has 0 aromatic heterocycles. The molecule has 0 amide bonds. The Morgan fingerprint density at radius 3 is 2.71 bits per heavy atom. The Kier molecular flexibility index (Phi) is 6.56. The smallest absolute Gasteiger partial charge is 0.0871 e. The third-order valence-electron chi connectivity index (χ3n) is 4.71. The molecule has 1 atom stereocenters. The second-order valence-corrected chi connectivity index (χ2v) is 6.64. The summed E-state index contributed by atoms with van der Waals surface area (Å²) in [6, 6.07) is 7.63. The van der Waals surface area contributed by atoms with Crippen molar-refractivity contribution in [3.8, 4) is 0 Å². The second-order valence-electron chi connectivity index (χ2n) is 6.21. The maximum absolute atomic E-state index is 9.43. The van der Waals surface area contributed by atoms with Gasteiger partial charge in [-0.3, -0.25) is 0 Å². The van der Waals surface area contributed by atoms with E-state index in [1.807, 2.05) is 24.3 Å². The van der Waals surface area contributed by atoms with E-state index >= 15 is 0 Å². The molecule has 1 saturated carbocycles. The monoisotopic (exact) mass is 307 g/mol. The summed E-state index contributed by atoms with van der Waals surface area (Å²) >= 11 is 6.06. The van der Waals surface area contributed by atoms with E-state index in [0.717, 1.165) is 23.6 Å². The van der Waals surface area contributed by atoms with Crippen LogP contribution in [-0.2, 0) is 0 Å². The van der Waals surface area contributed by atoms with Crippen LogP contribution in [0, 0.1) is 11.8 Å². The molecule has 3 heteroatoms. The first-order chi connectivity index (χ1) is 10.2. The third kappa shape index (κ3) is 4.74. The molecule has 0 unspecified atom stereocenters. The number of oxime groups is 1. The van der Waals surface area contributed by atoms with Crippen molar-refractivity contribution in [3.63, 3.8) is 0 Å². The van der Waals surface area contributed by atoms with Crippen LogP contribution in [0.2, 0.25) is 5.02 Å². The SMILES string of the molecule is CCC[C@H](CC(=NO)c1cccc(Cl)c1)C1CCCCC1. The van der Waals surface area contributed by atoms with Crippen molar-refractivity contribution in [2.45, 2.75) is 58.3 Å². The minimum Gasteiger partial charge on any atom is -0.411 e. The Labute approximate surface area is 133 Å². The van der Waals surface area contributed by atoms with Crippen LogP contribution in [0.3, 0.4) is 0 Å². The van der Waals surface area contributed by atoms with E-state index < -0.39 is 0 Å². The van der Waals surface area contributed by atoms with Crippen LogP contribution in [-0.4, -0.2) is 10.9 Å². The van der Waals surface area contributed by atoms with Crippen LogP contribution >= 0.6 is 11.6 Å². The van der Waals surface area contributed by atoms with E-state index in [9.17, 15) is 5.21 Å². The van der Waals surface area contributed by atoms with Gasteiger partial charge in [-0.2, -0.15) is 0 Å². The Balaban J connectivity index is 2.10.